The first-order chi connectivity index (χ1) is 4.60. The van der Waals surface area contributed by atoms with E-state index >= 15 is 0 Å². The maximum Gasteiger partial charge on any atom is 0.209 e. The quantitative estimate of drug-likeness (QED) is 0.720. The van der Waals surface area contributed by atoms with Crippen molar-refractivity contribution in [1.82, 2.24) is 0 Å². The fourth-order valence-corrected chi connectivity index (χ4v) is 0.975. The first kappa shape index (κ1) is 9.94. The Hall–Kier alpha value is -0.0600. The molecule has 10 heavy (non-hydrogen) atoms. The van der Waals surface area contributed by atoms with Crippen molar-refractivity contribution in [2.75, 3.05) is 0 Å². The average molecular weight is 266 g/mol. The van der Waals surface area contributed by atoms with Gasteiger partial charge in [0.05, 0.1) is 17.0 Å². The summed E-state index contributed by atoms with van der Waals surface area (Å²) in [6, 6.07) is 3.77. The molecule has 0 aliphatic carbocycles. The van der Waals surface area contributed by atoms with Crippen LogP contribution in [0.15, 0.2) is 0 Å². The molecular weight excluding hydrogens is 260 g/mol. The molecule has 0 saturated heterocycles. The first-order valence-electron chi connectivity index (χ1n) is 2.76. The summed E-state index contributed by atoms with van der Waals surface area (Å²) in [5, 5.41) is 17.1. The van der Waals surface area contributed by atoms with E-state index < -0.39 is 4.32 Å². The van der Waals surface area contributed by atoms with E-state index in [2.05, 4.69) is 31.9 Å². The number of hydrogen-bond donors (Lipinski definition) is 0. The highest BCUT2D eigenvalue weighted by Gasteiger charge is 2.33. The van der Waals surface area contributed by atoms with Gasteiger partial charge in [-0.05, 0) is 6.42 Å². The lowest BCUT2D eigenvalue weighted by atomic mass is 10.1. The summed E-state index contributed by atoms with van der Waals surface area (Å²) in [4.78, 5) is -0.116. The molecule has 0 spiro atoms. The Kier molecular flexibility index (Phi) is 3.93. The molecule has 2 nitrogen and oxygen atoms in total. The second-order valence-electron chi connectivity index (χ2n) is 1.81. The van der Waals surface area contributed by atoms with Crippen molar-refractivity contribution < 1.29 is 0 Å². The molecule has 0 aromatic rings. The topological polar surface area (TPSA) is 47.6 Å². The van der Waals surface area contributed by atoms with E-state index in [1.54, 1.807) is 0 Å². The maximum atomic E-state index is 8.54. The Balaban J connectivity index is 4.41. The fraction of sp³-hybridized carbons (Fsp3) is 0.667. The largest absolute Gasteiger partial charge is 0.209 e. The van der Waals surface area contributed by atoms with Crippen molar-refractivity contribution in [2.45, 2.75) is 22.5 Å². The third-order valence-corrected chi connectivity index (χ3v) is 3.97. The van der Waals surface area contributed by atoms with Gasteiger partial charge in [-0.3, -0.25) is 0 Å². The van der Waals surface area contributed by atoms with Crippen LogP contribution in [0.1, 0.15) is 13.3 Å². The number of nitrogens with zero attached hydrogens (tertiary/aromatic N) is 2. The van der Waals surface area contributed by atoms with E-state index in [-0.39, 0.29) is 4.83 Å². The van der Waals surface area contributed by atoms with Gasteiger partial charge in [-0.1, -0.05) is 38.8 Å². The minimum absolute atomic E-state index is 0.116. The number of alkyl halides is 2. The van der Waals surface area contributed by atoms with Crippen LogP contribution in [0.2, 0.25) is 0 Å². The molecule has 0 heterocycles. The summed E-state index contributed by atoms with van der Waals surface area (Å²) in [6.45, 7) is 1.91. The molecule has 0 aliphatic heterocycles. The zero-order valence-electron chi connectivity index (χ0n) is 5.43. The number of nitriles is 2. The molecule has 0 amide bonds. The predicted molar refractivity (Wildman–Crippen MR) is 45.9 cm³/mol. The molecule has 0 rings (SSSR count). The highest BCUT2D eigenvalue weighted by atomic mass is 79.9. The molecule has 0 saturated carbocycles. The van der Waals surface area contributed by atoms with Crippen LogP contribution in [0.3, 0.4) is 0 Å². The molecule has 1 unspecified atom stereocenters. The van der Waals surface area contributed by atoms with Gasteiger partial charge in [0, 0.05) is 0 Å². The zero-order valence-corrected chi connectivity index (χ0v) is 8.61. The summed E-state index contributed by atoms with van der Waals surface area (Å²) in [5.41, 5.74) is 0. The van der Waals surface area contributed by atoms with E-state index in [1.165, 1.54) is 0 Å². The summed E-state index contributed by atoms with van der Waals surface area (Å²) in [7, 11) is 0. The third-order valence-electron chi connectivity index (χ3n) is 1.12. The third kappa shape index (κ3) is 1.97. The Morgan fingerprint density at radius 1 is 1.50 bits per heavy atom. The SMILES string of the molecule is CCC(Br)C(Br)(C#N)C#N. The second-order valence-corrected chi connectivity index (χ2v) is 4.17. The van der Waals surface area contributed by atoms with Gasteiger partial charge >= 0.3 is 0 Å². The van der Waals surface area contributed by atoms with Crippen molar-refractivity contribution in [1.29, 1.82) is 10.5 Å². The van der Waals surface area contributed by atoms with Crippen LogP contribution in [-0.4, -0.2) is 9.15 Å². The maximum absolute atomic E-state index is 8.54. The van der Waals surface area contributed by atoms with Crippen LogP contribution in [0.4, 0.5) is 0 Å². The highest BCUT2D eigenvalue weighted by molar-refractivity contribution is 9.12. The van der Waals surface area contributed by atoms with Gasteiger partial charge in [0.25, 0.3) is 0 Å². The van der Waals surface area contributed by atoms with E-state index in [0.717, 1.165) is 6.42 Å². The first-order valence-corrected chi connectivity index (χ1v) is 4.47. The lowest BCUT2D eigenvalue weighted by Gasteiger charge is -2.14. The van der Waals surface area contributed by atoms with Crippen LogP contribution in [0.5, 0.6) is 0 Å². The average Bonchev–Trinajstić information content (AvgIpc) is 2.01. The molecule has 4 heteroatoms. The minimum Gasteiger partial charge on any atom is -0.196 e. The second kappa shape index (κ2) is 3.95. The molecule has 0 aliphatic rings. The Labute approximate surface area is 77.1 Å². The van der Waals surface area contributed by atoms with Gasteiger partial charge in [-0.2, -0.15) is 10.5 Å². The van der Waals surface area contributed by atoms with Crippen molar-refractivity contribution in [2.24, 2.45) is 0 Å². The highest BCUT2D eigenvalue weighted by Crippen LogP contribution is 2.28. The van der Waals surface area contributed by atoms with Crippen LogP contribution in [0.25, 0.3) is 0 Å². The fourth-order valence-electron chi connectivity index (χ4n) is 0.446. The Morgan fingerprint density at radius 2 is 1.90 bits per heavy atom. The van der Waals surface area contributed by atoms with Crippen LogP contribution in [0, 0.1) is 22.7 Å². The standard InChI is InChI=1S/C6H6Br2N2/c1-2-5(7)6(8,3-9)4-10/h5H,2H2,1H3. The Morgan fingerprint density at radius 3 is 2.00 bits per heavy atom. The van der Waals surface area contributed by atoms with E-state index in [9.17, 15) is 0 Å². The minimum atomic E-state index is -1.07. The zero-order chi connectivity index (χ0) is 8.20. The monoisotopic (exact) mass is 264 g/mol. The summed E-state index contributed by atoms with van der Waals surface area (Å²) in [6.07, 6.45) is 0.742. The van der Waals surface area contributed by atoms with Gasteiger partial charge in [0.2, 0.25) is 4.32 Å². The number of halogens is 2. The molecule has 0 aromatic carbocycles. The van der Waals surface area contributed by atoms with Crippen LogP contribution < -0.4 is 0 Å². The smallest absolute Gasteiger partial charge is 0.196 e. The molecule has 0 N–H and O–H groups in total. The van der Waals surface area contributed by atoms with Crippen molar-refractivity contribution in [3.05, 3.63) is 0 Å². The van der Waals surface area contributed by atoms with Crippen molar-refractivity contribution >= 4 is 31.9 Å². The molecule has 0 radical (unpaired) electrons. The van der Waals surface area contributed by atoms with Crippen molar-refractivity contribution in [3.8, 4) is 12.1 Å². The number of hydrogen-bond acceptors (Lipinski definition) is 2. The summed E-state index contributed by atoms with van der Waals surface area (Å²) >= 11 is 6.27. The van der Waals surface area contributed by atoms with Gasteiger partial charge in [-0.15, -0.1) is 0 Å². The molecule has 0 fully saturated rings. The van der Waals surface area contributed by atoms with Crippen LogP contribution in [-0.2, 0) is 0 Å². The van der Waals surface area contributed by atoms with Crippen LogP contribution >= 0.6 is 31.9 Å². The van der Waals surface area contributed by atoms with Gasteiger partial charge in [0.1, 0.15) is 0 Å². The van der Waals surface area contributed by atoms with Gasteiger partial charge < -0.3 is 0 Å². The number of rotatable bonds is 2. The van der Waals surface area contributed by atoms with Gasteiger partial charge in [-0.25, -0.2) is 0 Å². The molecular formula is C6H6Br2N2. The summed E-state index contributed by atoms with van der Waals surface area (Å²) in [5.74, 6) is 0. The molecule has 54 valence electrons. The predicted octanol–water partition coefficient (Wildman–Crippen LogP) is 2.34. The summed E-state index contributed by atoms with van der Waals surface area (Å²) < 4.78 is -1.07. The molecule has 1 atom stereocenters. The van der Waals surface area contributed by atoms with E-state index in [0.29, 0.717) is 0 Å². The molecule has 0 aromatic heterocycles. The van der Waals surface area contributed by atoms with Crippen molar-refractivity contribution in [3.63, 3.8) is 0 Å². The Bertz CT molecular complexity index is 175. The lowest BCUT2D eigenvalue weighted by molar-refractivity contribution is 0.795. The molecule has 0 bridgehead atoms. The normalized spacial score (nSPS) is 13.3. The lowest BCUT2D eigenvalue weighted by Crippen LogP contribution is -2.27. The van der Waals surface area contributed by atoms with Gasteiger partial charge in [0.15, 0.2) is 0 Å². The van der Waals surface area contributed by atoms with E-state index in [4.69, 9.17) is 10.5 Å². The van der Waals surface area contributed by atoms with E-state index in [1.807, 2.05) is 19.1 Å².